The Kier molecular flexibility index (Phi) is 2.65. The molecular weight excluding hydrogens is 280 g/mol. The van der Waals surface area contributed by atoms with Crippen LogP contribution in [-0.4, -0.2) is 35.6 Å². The zero-order valence-corrected chi connectivity index (χ0v) is 11.4. The molecule has 0 aromatic carbocycles. The van der Waals surface area contributed by atoms with Crippen LogP contribution in [0.2, 0.25) is 0 Å². The summed E-state index contributed by atoms with van der Waals surface area (Å²) in [5.41, 5.74) is -0.0930. The molecule has 21 heavy (non-hydrogen) atoms. The molecule has 0 saturated carbocycles. The van der Waals surface area contributed by atoms with Gasteiger partial charge in [-0.25, -0.2) is 4.68 Å². The van der Waals surface area contributed by atoms with E-state index in [4.69, 9.17) is 0 Å². The lowest BCUT2D eigenvalue weighted by atomic mass is 9.73. The first-order valence-electron chi connectivity index (χ1n) is 6.32. The van der Waals surface area contributed by atoms with E-state index in [1.807, 2.05) is 13.8 Å². The number of rotatable bonds is 2. The zero-order valence-electron chi connectivity index (χ0n) is 11.4. The molecule has 10 heteroatoms. The molecule has 2 heterocycles. The van der Waals surface area contributed by atoms with E-state index < -0.39 is 27.1 Å². The Morgan fingerprint density at radius 1 is 1.33 bits per heavy atom. The minimum absolute atomic E-state index is 0.0326. The van der Waals surface area contributed by atoms with Crippen LogP contribution in [0.4, 0.5) is 0 Å². The van der Waals surface area contributed by atoms with E-state index in [0.29, 0.717) is 6.42 Å². The molecule has 3 rings (SSSR count). The maximum Gasteiger partial charge on any atom is 0.318 e. The molecule has 1 aliphatic carbocycles. The Morgan fingerprint density at radius 3 is 2.67 bits per heavy atom. The lowest BCUT2D eigenvalue weighted by molar-refractivity contribution is -0.566. The molecule has 0 bridgehead atoms. The van der Waals surface area contributed by atoms with Gasteiger partial charge in [-0.3, -0.25) is 20.2 Å². The average Bonchev–Trinajstić information content (AvgIpc) is 2.88. The van der Waals surface area contributed by atoms with Crippen LogP contribution < -0.4 is 0 Å². The smallest absolute Gasteiger partial charge is 0.264 e. The van der Waals surface area contributed by atoms with Gasteiger partial charge in [-0.05, 0) is 30.7 Å². The van der Waals surface area contributed by atoms with Crippen LogP contribution in [-0.2, 0) is 0 Å². The van der Waals surface area contributed by atoms with Gasteiger partial charge in [-0.2, -0.15) is 0 Å². The van der Waals surface area contributed by atoms with Crippen molar-refractivity contribution in [3.63, 3.8) is 0 Å². The molecule has 0 N–H and O–H groups in total. The number of aromatic nitrogens is 4. The number of allylic oxidation sites excluding steroid dienone is 1. The maximum atomic E-state index is 11.7. The molecule has 1 aromatic heterocycles. The average molecular weight is 292 g/mol. The van der Waals surface area contributed by atoms with E-state index in [9.17, 15) is 20.2 Å². The minimum Gasteiger partial charge on any atom is -0.264 e. The van der Waals surface area contributed by atoms with Crippen molar-refractivity contribution in [2.45, 2.75) is 38.3 Å². The molecule has 110 valence electrons. The summed E-state index contributed by atoms with van der Waals surface area (Å²) in [5, 5.41) is 33.7. The second-order valence-corrected chi connectivity index (χ2v) is 5.44. The predicted molar refractivity (Wildman–Crippen MR) is 69.2 cm³/mol. The number of hydrogen-bond donors (Lipinski definition) is 0. The first kappa shape index (κ1) is 13.3. The molecule has 0 saturated heterocycles. The van der Waals surface area contributed by atoms with Crippen LogP contribution in [0.1, 0.15) is 38.6 Å². The number of nitrogens with zero attached hydrogens (tertiary/aromatic N) is 6. The molecule has 2 aliphatic rings. The SMILES string of the molecule is CC1=C(C)C[C@@]2([N+](=O)[O-])C=C([N+](=O)[O-])c3nnnn3[C@H]2C1. The van der Waals surface area contributed by atoms with Gasteiger partial charge in [0.1, 0.15) is 6.04 Å². The van der Waals surface area contributed by atoms with Crippen molar-refractivity contribution in [2.75, 3.05) is 0 Å². The lowest BCUT2D eigenvalue weighted by Crippen LogP contribution is -2.50. The Labute approximate surface area is 118 Å². The van der Waals surface area contributed by atoms with Gasteiger partial charge in [-0.15, -0.1) is 5.10 Å². The summed E-state index contributed by atoms with van der Waals surface area (Å²) in [6.45, 7) is 3.71. The van der Waals surface area contributed by atoms with E-state index in [1.165, 1.54) is 4.68 Å². The van der Waals surface area contributed by atoms with E-state index >= 15 is 0 Å². The number of hydrogen-bond acceptors (Lipinski definition) is 7. The summed E-state index contributed by atoms with van der Waals surface area (Å²) >= 11 is 0. The normalized spacial score (nSPS) is 27.7. The topological polar surface area (TPSA) is 130 Å². The third-order valence-corrected chi connectivity index (χ3v) is 4.29. The largest absolute Gasteiger partial charge is 0.318 e. The van der Waals surface area contributed by atoms with E-state index in [-0.39, 0.29) is 12.2 Å². The highest BCUT2D eigenvalue weighted by atomic mass is 16.6. The lowest BCUT2D eigenvalue weighted by Gasteiger charge is -2.37. The third-order valence-electron chi connectivity index (χ3n) is 4.29. The molecule has 2 atom stereocenters. The highest BCUT2D eigenvalue weighted by molar-refractivity contribution is 5.56. The van der Waals surface area contributed by atoms with E-state index in [0.717, 1.165) is 17.2 Å². The molecule has 0 spiro atoms. The zero-order chi connectivity index (χ0) is 15.4. The van der Waals surface area contributed by atoms with Gasteiger partial charge >= 0.3 is 5.70 Å². The summed E-state index contributed by atoms with van der Waals surface area (Å²) in [6, 6.07) is -0.648. The molecule has 1 aromatic rings. The van der Waals surface area contributed by atoms with Crippen LogP contribution in [0.3, 0.4) is 0 Å². The van der Waals surface area contributed by atoms with Crippen molar-refractivity contribution in [3.8, 4) is 0 Å². The third kappa shape index (κ3) is 1.68. The Hall–Kier alpha value is -2.65. The van der Waals surface area contributed by atoms with Crippen molar-refractivity contribution in [1.29, 1.82) is 0 Å². The van der Waals surface area contributed by atoms with Crippen molar-refractivity contribution in [3.05, 3.63) is 43.3 Å². The van der Waals surface area contributed by atoms with Gasteiger partial charge in [0.05, 0.1) is 11.0 Å². The highest BCUT2D eigenvalue weighted by Crippen LogP contribution is 2.47. The van der Waals surface area contributed by atoms with Gasteiger partial charge in [0.25, 0.3) is 11.4 Å². The second kappa shape index (κ2) is 4.17. The van der Waals surface area contributed by atoms with E-state index in [1.54, 1.807) is 0 Å². The molecule has 0 radical (unpaired) electrons. The van der Waals surface area contributed by atoms with Crippen LogP contribution in [0, 0.1) is 20.2 Å². The summed E-state index contributed by atoms with van der Waals surface area (Å²) < 4.78 is 1.22. The minimum atomic E-state index is -1.58. The first-order chi connectivity index (χ1) is 9.86. The fourth-order valence-electron chi connectivity index (χ4n) is 3.03. The summed E-state index contributed by atoms with van der Waals surface area (Å²) in [5.74, 6) is -0.0326. The Bertz CT molecular complexity index is 720. The van der Waals surface area contributed by atoms with Crippen molar-refractivity contribution in [2.24, 2.45) is 0 Å². The summed E-state index contributed by atoms with van der Waals surface area (Å²) in [6.07, 6.45) is 1.62. The maximum absolute atomic E-state index is 11.7. The molecule has 10 nitrogen and oxygen atoms in total. The first-order valence-corrected chi connectivity index (χ1v) is 6.32. The van der Waals surface area contributed by atoms with Gasteiger partial charge in [0, 0.05) is 11.3 Å². The van der Waals surface area contributed by atoms with Gasteiger partial charge in [-0.1, -0.05) is 11.1 Å². The molecule has 0 amide bonds. The number of nitro groups is 2. The van der Waals surface area contributed by atoms with Gasteiger partial charge in [0.2, 0.25) is 0 Å². The van der Waals surface area contributed by atoms with Gasteiger partial charge in [0.15, 0.2) is 0 Å². The second-order valence-electron chi connectivity index (χ2n) is 5.44. The van der Waals surface area contributed by atoms with Crippen molar-refractivity contribution in [1.82, 2.24) is 20.2 Å². The molecular formula is C11H12N6O4. The Morgan fingerprint density at radius 2 is 2.05 bits per heavy atom. The fraction of sp³-hybridized carbons (Fsp3) is 0.545. The Balaban J connectivity index is 2.28. The van der Waals surface area contributed by atoms with Gasteiger partial charge < -0.3 is 0 Å². The molecule has 0 fully saturated rings. The van der Waals surface area contributed by atoms with Crippen molar-refractivity contribution < 1.29 is 9.85 Å². The number of tetrazole rings is 1. The van der Waals surface area contributed by atoms with Crippen LogP contribution in [0.5, 0.6) is 0 Å². The predicted octanol–water partition coefficient (Wildman–Crippen LogP) is 0.991. The standard InChI is InChI=1S/C11H12N6O4/c1-6-3-9-11(17(20)21,4-7(6)2)5-8(16(18)19)10-12-13-14-15(9)10/h5,9H,3-4H2,1-2H3/t9-,11+/m0/s1. The quantitative estimate of drug-likeness (QED) is 0.451. The van der Waals surface area contributed by atoms with E-state index in [2.05, 4.69) is 15.5 Å². The monoisotopic (exact) mass is 292 g/mol. The van der Waals surface area contributed by atoms with Crippen molar-refractivity contribution >= 4 is 5.70 Å². The fourth-order valence-corrected chi connectivity index (χ4v) is 3.03. The van der Waals surface area contributed by atoms with Crippen LogP contribution in [0.15, 0.2) is 17.2 Å². The number of fused-ring (bicyclic) bond motifs is 3. The molecule has 0 unspecified atom stereocenters. The summed E-state index contributed by atoms with van der Waals surface area (Å²) in [4.78, 5) is 21.8. The van der Waals surface area contributed by atoms with Crippen LogP contribution in [0.25, 0.3) is 5.70 Å². The van der Waals surface area contributed by atoms with Crippen LogP contribution >= 0.6 is 0 Å². The summed E-state index contributed by atoms with van der Waals surface area (Å²) in [7, 11) is 0. The molecule has 1 aliphatic heterocycles. The highest BCUT2D eigenvalue weighted by Gasteiger charge is 2.58.